The highest BCUT2D eigenvalue weighted by Gasteiger charge is 2.45. The average molecular weight is 1050 g/mol. The van der Waals surface area contributed by atoms with Gasteiger partial charge in [-0.05, 0) is 74.3 Å². The van der Waals surface area contributed by atoms with Crippen molar-refractivity contribution in [3.05, 3.63) is 124 Å². The quantitative estimate of drug-likeness (QED) is 0.0455. The largest absolute Gasteiger partial charge is 0.391 e. The van der Waals surface area contributed by atoms with Gasteiger partial charge in [-0.3, -0.25) is 29.1 Å². The van der Waals surface area contributed by atoms with Gasteiger partial charge in [0.1, 0.15) is 12.1 Å². The predicted octanol–water partition coefficient (Wildman–Crippen LogP) is 4.95. The highest BCUT2D eigenvalue weighted by molar-refractivity contribution is 7.13. The minimum absolute atomic E-state index is 0.0283. The highest BCUT2D eigenvalue weighted by Crippen LogP contribution is 2.31. The molecule has 4 heterocycles. The van der Waals surface area contributed by atoms with E-state index in [9.17, 15) is 33.9 Å². The van der Waals surface area contributed by atoms with Gasteiger partial charge in [-0.15, -0.1) is 11.3 Å². The van der Waals surface area contributed by atoms with Gasteiger partial charge in [-0.25, -0.2) is 9.78 Å². The second-order valence-electron chi connectivity index (χ2n) is 20.2. The van der Waals surface area contributed by atoms with Gasteiger partial charge in [0, 0.05) is 49.2 Å². The van der Waals surface area contributed by atoms with E-state index in [1.165, 1.54) is 4.90 Å². The smallest absolute Gasteiger partial charge is 0.318 e. The molecule has 1 saturated heterocycles. The van der Waals surface area contributed by atoms with E-state index in [1.54, 1.807) is 46.0 Å². The lowest BCUT2D eigenvalue weighted by Gasteiger charge is -2.35. The summed E-state index contributed by atoms with van der Waals surface area (Å²) in [5.41, 5.74) is 7.09. The molecule has 400 valence electrons. The Balaban J connectivity index is 0.774. The van der Waals surface area contributed by atoms with Gasteiger partial charge < -0.3 is 55.9 Å². The Morgan fingerprint density at radius 3 is 2.19 bits per heavy atom. The van der Waals surface area contributed by atoms with Crippen LogP contribution in [0.1, 0.15) is 101 Å². The number of thiazole rings is 1. The van der Waals surface area contributed by atoms with Crippen molar-refractivity contribution in [1.82, 2.24) is 51.1 Å². The molecule has 2 aliphatic heterocycles. The standard InChI is InChI=1S/C54H69N11O9S/c1-33(35-13-15-37(16-14-35)46-34(2)56-32-75-46)57-51(70)44-27-40(66)28-65(44)52(71)47(54(3,4)5)59-45(67)21-23-73-25-26-74-24-22-55-49(68)38-17-19-39(20-18-38)50(69)60-48-41-29-64(31-43(41)61-62-48)53(72)58-42(30-63(6)7)36-11-9-8-10-12-36/h8-20,32-33,40,42,44,47,66H,21-31H2,1-7H3,(H,55,68)(H,57,70)(H,58,72)(H,59,67)(H2,60,61,62,69)/t33-,40+,42+,44-,47+/m0/s1. The van der Waals surface area contributed by atoms with Crippen molar-refractivity contribution in [3.8, 4) is 10.4 Å². The van der Waals surface area contributed by atoms with Crippen LogP contribution in [0.5, 0.6) is 0 Å². The first-order chi connectivity index (χ1) is 35.9. The number of aliphatic hydroxyl groups is 1. The minimum Gasteiger partial charge on any atom is -0.391 e. The molecule has 5 atom stereocenters. The normalized spacial score (nSPS) is 16.5. The molecular formula is C54H69N11O9S. The van der Waals surface area contributed by atoms with Crippen molar-refractivity contribution in [1.29, 1.82) is 0 Å². The van der Waals surface area contributed by atoms with Crippen LogP contribution >= 0.6 is 11.3 Å². The molecule has 2 aliphatic rings. The van der Waals surface area contributed by atoms with E-state index in [4.69, 9.17) is 9.47 Å². The number of carbonyl (C=O) groups is 6. The molecule has 5 aromatic rings. The topological polar surface area (TPSA) is 253 Å². The lowest BCUT2D eigenvalue weighted by Crippen LogP contribution is -2.58. The summed E-state index contributed by atoms with van der Waals surface area (Å²) in [5.74, 6) is -1.68. The van der Waals surface area contributed by atoms with Gasteiger partial charge in [-0.2, -0.15) is 5.10 Å². The van der Waals surface area contributed by atoms with Crippen LogP contribution in [0.25, 0.3) is 10.4 Å². The van der Waals surface area contributed by atoms with Gasteiger partial charge >= 0.3 is 6.03 Å². The van der Waals surface area contributed by atoms with Crippen LogP contribution in [0.4, 0.5) is 10.6 Å². The summed E-state index contributed by atoms with van der Waals surface area (Å²) < 4.78 is 11.2. The fraction of sp³-hybridized carbons (Fsp3) is 0.444. The van der Waals surface area contributed by atoms with Crippen LogP contribution in [0.2, 0.25) is 0 Å². The summed E-state index contributed by atoms with van der Waals surface area (Å²) in [5, 5.41) is 32.5. The lowest BCUT2D eigenvalue weighted by molar-refractivity contribution is -0.144. The third-order valence-electron chi connectivity index (χ3n) is 13.1. The van der Waals surface area contributed by atoms with Gasteiger partial charge in [0.15, 0.2) is 5.82 Å². The van der Waals surface area contributed by atoms with Gasteiger partial charge in [0.2, 0.25) is 17.7 Å². The molecule has 0 bridgehead atoms. The monoisotopic (exact) mass is 1050 g/mol. The van der Waals surface area contributed by atoms with Gasteiger partial charge in [-0.1, -0.05) is 75.4 Å². The summed E-state index contributed by atoms with van der Waals surface area (Å²) in [6, 6.07) is 21.2. The Hall–Kier alpha value is -7.04. The van der Waals surface area contributed by atoms with E-state index < -0.39 is 41.3 Å². The number of aliphatic hydroxyl groups excluding tert-OH is 1. The van der Waals surface area contributed by atoms with Crippen molar-refractivity contribution < 1.29 is 43.3 Å². The Morgan fingerprint density at radius 2 is 1.53 bits per heavy atom. The molecule has 21 heteroatoms. The first kappa shape index (κ1) is 55.7. The minimum atomic E-state index is -0.974. The molecule has 7 amide bonds. The summed E-state index contributed by atoms with van der Waals surface area (Å²) >= 11 is 1.56. The van der Waals surface area contributed by atoms with Crippen LogP contribution in [-0.2, 0) is 36.9 Å². The maximum atomic E-state index is 14.1. The maximum absolute atomic E-state index is 14.1. The van der Waals surface area contributed by atoms with Crippen LogP contribution < -0.4 is 26.6 Å². The zero-order chi connectivity index (χ0) is 53.8. The first-order valence-electron chi connectivity index (χ1n) is 25.1. The predicted molar refractivity (Wildman–Crippen MR) is 283 cm³/mol. The first-order valence-corrected chi connectivity index (χ1v) is 26.0. The molecule has 0 spiro atoms. The summed E-state index contributed by atoms with van der Waals surface area (Å²) in [6.45, 7) is 11.3. The number of nitrogens with zero attached hydrogens (tertiary/aromatic N) is 5. The summed E-state index contributed by atoms with van der Waals surface area (Å²) in [6.07, 6.45) is -0.848. The number of aromatic amines is 1. The van der Waals surface area contributed by atoms with E-state index in [0.717, 1.165) is 38.5 Å². The van der Waals surface area contributed by atoms with E-state index in [1.807, 2.05) is 108 Å². The molecule has 7 rings (SSSR count). The zero-order valence-corrected chi connectivity index (χ0v) is 44.4. The second kappa shape index (κ2) is 25.5. The number of amides is 7. The number of fused-ring (bicyclic) bond motifs is 1. The van der Waals surface area contributed by atoms with Crippen molar-refractivity contribution >= 4 is 52.7 Å². The Bertz CT molecular complexity index is 2760. The number of ether oxygens (including phenoxy) is 2. The number of H-pyrrole nitrogens is 1. The fourth-order valence-electron chi connectivity index (χ4n) is 8.94. The number of urea groups is 1. The number of likely N-dealkylation sites (N-methyl/N-ethyl adjacent to an activating group) is 1. The van der Waals surface area contributed by atoms with Crippen molar-refractivity contribution in [2.45, 2.75) is 90.8 Å². The van der Waals surface area contributed by atoms with Crippen molar-refractivity contribution in [3.63, 3.8) is 0 Å². The number of carbonyl (C=O) groups excluding carboxylic acids is 6. The highest BCUT2D eigenvalue weighted by atomic mass is 32.1. The molecule has 3 aromatic carbocycles. The van der Waals surface area contributed by atoms with Crippen LogP contribution in [0.3, 0.4) is 0 Å². The SMILES string of the molecule is Cc1ncsc1-c1ccc([C@H](C)NC(=O)[C@@H]2C[C@@H](O)CN2C(=O)[C@@H](NC(=O)CCOCCOCCNC(=O)c2ccc(C(=O)Nc3n[nH]c4c3CN(C(=O)N[C@H](CN(C)C)c3ccccc3)C4)cc2)C(C)(C)C)cc1. The molecule has 20 nitrogen and oxygen atoms in total. The molecule has 2 aromatic heterocycles. The second-order valence-corrected chi connectivity index (χ2v) is 21.1. The molecule has 75 heavy (non-hydrogen) atoms. The van der Waals surface area contributed by atoms with E-state index in [2.05, 4.69) is 41.8 Å². The number of hydrogen-bond donors (Lipinski definition) is 7. The number of anilines is 1. The third kappa shape index (κ3) is 14.8. The van der Waals surface area contributed by atoms with E-state index in [-0.39, 0.29) is 88.8 Å². The summed E-state index contributed by atoms with van der Waals surface area (Å²) in [7, 11) is 3.91. The number of likely N-dealkylation sites (tertiary alicyclic amines) is 1. The summed E-state index contributed by atoms with van der Waals surface area (Å²) in [4.78, 5) is 90.7. The average Bonchev–Trinajstić information content (AvgIpc) is 4.20. The van der Waals surface area contributed by atoms with Crippen molar-refractivity contribution in [2.75, 3.05) is 65.5 Å². The Kier molecular flexibility index (Phi) is 18.9. The van der Waals surface area contributed by atoms with Crippen LogP contribution in [-0.4, -0.2) is 149 Å². The number of nitrogens with one attached hydrogen (secondary N) is 6. The number of benzene rings is 3. The Morgan fingerprint density at radius 1 is 0.853 bits per heavy atom. The zero-order valence-electron chi connectivity index (χ0n) is 43.6. The molecule has 0 unspecified atom stereocenters. The molecule has 7 N–H and O–H groups in total. The molecular weight excluding hydrogens is 979 g/mol. The molecule has 0 radical (unpaired) electrons. The number of hydrogen-bond acceptors (Lipinski definition) is 13. The van der Waals surface area contributed by atoms with Crippen molar-refractivity contribution in [2.24, 2.45) is 5.41 Å². The Labute approximate surface area is 441 Å². The number of aromatic nitrogens is 3. The van der Waals surface area contributed by atoms with Crippen LogP contribution in [0.15, 0.2) is 84.4 Å². The van der Waals surface area contributed by atoms with Gasteiger partial charge in [0.25, 0.3) is 11.8 Å². The molecule has 0 saturated carbocycles. The van der Waals surface area contributed by atoms with E-state index in [0.29, 0.717) is 30.0 Å². The third-order valence-corrected chi connectivity index (χ3v) is 14.0. The molecule has 0 aliphatic carbocycles. The number of rotatable bonds is 22. The van der Waals surface area contributed by atoms with E-state index >= 15 is 0 Å². The maximum Gasteiger partial charge on any atom is 0.318 e. The van der Waals surface area contributed by atoms with Gasteiger partial charge in [0.05, 0.1) is 79.5 Å². The fourth-order valence-corrected chi connectivity index (χ4v) is 9.75. The number of β-amino-alcohol motifs (C(OH)–C–C–N with tert-alkyl or cyclic N) is 1. The molecule has 1 fully saturated rings. The van der Waals surface area contributed by atoms with Crippen LogP contribution in [0, 0.1) is 12.3 Å². The lowest BCUT2D eigenvalue weighted by atomic mass is 9.85. The number of aryl methyl sites for hydroxylation is 1.